The second-order valence-corrected chi connectivity index (χ2v) is 2.86. The van der Waals surface area contributed by atoms with E-state index >= 15 is 0 Å². The van der Waals surface area contributed by atoms with E-state index in [0.717, 1.165) is 0 Å². The van der Waals surface area contributed by atoms with Gasteiger partial charge in [-0.1, -0.05) is 51.7 Å². The molecule has 0 saturated carbocycles. The summed E-state index contributed by atoms with van der Waals surface area (Å²) in [5.74, 6) is 0. The van der Waals surface area contributed by atoms with Crippen LogP contribution in [0, 0.1) is 0 Å². The Balaban J connectivity index is -0.000000143. The molecule has 80 valence electrons. The first-order valence-corrected chi connectivity index (χ1v) is 5.05. The van der Waals surface area contributed by atoms with Gasteiger partial charge in [0.25, 0.3) is 0 Å². The van der Waals surface area contributed by atoms with Gasteiger partial charge in [0.15, 0.2) is 0 Å². The van der Waals surface area contributed by atoms with E-state index in [-0.39, 0.29) is 13.5 Å². The topological polar surface area (TPSA) is 0 Å². The Morgan fingerprint density at radius 1 is 0.846 bits per heavy atom. The zero-order chi connectivity index (χ0) is 9.66. The molecule has 0 aromatic rings. The number of unbranched alkanes of at least 4 members (excludes halogenated alkanes) is 4. The molecule has 0 nitrogen and oxygen atoms in total. The van der Waals surface area contributed by atoms with Crippen LogP contribution in [0.15, 0.2) is 25.3 Å². The van der Waals surface area contributed by atoms with E-state index in [4.69, 9.17) is 0 Å². The van der Waals surface area contributed by atoms with E-state index < -0.39 is 0 Å². The molecule has 0 atom stereocenters. The molecule has 0 aliphatic carbocycles. The largest absolute Gasteiger partial charge is 0.197 e. The SMILES string of the molecule is C=CCCCC.C=CCCCC.S. The Morgan fingerprint density at radius 3 is 1.23 bits per heavy atom. The van der Waals surface area contributed by atoms with Crippen molar-refractivity contribution in [2.75, 3.05) is 0 Å². The molecule has 0 amide bonds. The first-order chi connectivity index (χ1) is 5.83. The quantitative estimate of drug-likeness (QED) is 0.427. The lowest BCUT2D eigenvalue weighted by molar-refractivity contribution is 0.816. The molecule has 0 aliphatic heterocycles. The summed E-state index contributed by atoms with van der Waals surface area (Å²) in [6.45, 7) is 11.6. The van der Waals surface area contributed by atoms with Gasteiger partial charge < -0.3 is 0 Å². The van der Waals surface area contributed by atoms with E-state index in [9.17, 15) is 0 Å². The second kappa shape index (κ2) is 22.6. The van der Waals surface area contributed by atoms with Crippen LogP contribution in [0.4, 0.5) is 0 Å². The smallest absolute Gasteiger partial charge is 0.0354 e. The van der Waals surface area contributed by atoms with Crippen molar-refractivity contribution < 1.29 is 0 Å². The summed E-state index contributed by atoms with van der Waals surface area (Å²) >= 11 is 0. The Labute approximate surface area is 91.6 Å². The highest BCUT2D eigenvalue weighted by Crippen LogP contribution is 1.91. The van der Waals surface area contributed by atoms with Gasteiger partial charge in [-0.3, -0.25) is 0 Å². The minimum Gasteiger partial charge on any atom is -0.197 e. The summed E-state index contributed by atoms with van der Waals surface area (Å²) in [6, 6.07) is 0. The van der Waals surface area contributed by atoms with Crippen molar-refractivity contribution in [3.8, 4) is 0 Å². The van der Waals surface area contributed by atoms with E-state index in [1.807, 2.05) is 12.2 Å². The van der Waals surface area contributed by atoms with Crippen LogP contribution in [0.25, 0.3) is 0 Å². The highest BCUT2D eigenvalue weighted by Gasteiger charge is 1.71. The van der Waals surface area contributed by atoms with Gasteiger partial charge >= 0.3 is 0 Å². The van der Waals surface area contributed by atoms with Gasteiger partial charge in [-0.2, -0.15) is 13.5 Å². The Hall–Kier alpha value is -0.170. The van der Waals surface area contributed by atoms with Crippen LogP contribution in [-0.4, -0.2) is 0 Å². The molecule has 0 radical (unpaired) electrons. The maximum absolute atomic E-state index is 3.60. The maximum Gasteiger partial charge on any atom is -0.0354 e. The summed E-state index contributed by atoms with van der Waals surface area (Å²) in [7, 11) is 0. The Bertz CT molecular complexity index is 75.1. The third kappa shape index (κ3) is 33.6. The fourth-order valence-electron chi connectivity index (χ4n) is 0.697. The predicted octanol–water partition coefficient (Wildman–Crippen LogP) is 4.84. The normalized spacial score (nSPS) is 7.54. The highest BCUT2D eigenvalue weighted by molar-refractivity contribution is 7.59. The summed E-state index contributed by atoms with van der Waals surface area (Å²) in [5, 5.41) is 0. The molecule has 0 bridgehead atoms. The summed E-state index contributed by atoms with van der Waals surface area (Å²) in [4.78, 5) is 0. The van der Waals surface area contributed by atoms with Crippen LogP contribution < -0.4 is 0 Å². The molecule has 0 heterocycles. The molecule has 0 rings (SSSR count). The highest BCUT2D eigenvalue weighted by atomic mass is 32.1. The molecule has 0 unspecified atom stereocenters. The minimum absolute atomic E-state index is 0. The van der Waals surface area contributed by atoms with Crippen LogP contribution in [0.3, 0.4) is 0 Å². The molecular weight excluding hydrogens is 176 g/mol. The molecule has 1 heteroatoms. The van der Waals surface area contributed by atoms with Crippen LogP contribution >= 0.6 is 13.5 Å². The van der Waals surface area contributed by atoms with Crippen LogP contribution in [0.1, 0.15) is 52.4 Å². The fourth-order valence-corrected chi connectivity index (χ4v) is 0.697. The van der Waals surface area contributed by atoms with Gasteiger partial charge in [0.05, 0.1) is 0 Å². The molecule has 0 spiro atoms. The van der Waals surface area contributed by atoms with Gasteiger partial charge in [0, 0.05) is 0 Å². The number of hydrogen-bond donors (Lipinski definition) is 0. The average Bonchev–Trinajstić information content (AvgIpc) is 2.12. The molecule has 0 fully saturated rings. The van der Waals surface area contributed by atoms with Crippen molar-refractivity contribution in [3.05, 3.63) is 25.3 Å². The average molecular weight is 202 g/mol. The van der Waals surface area contributed by atoms with Crippen molar-refractivity contribution in [1.82, 2.24) is 0 Å². The summed E-state index contributed by atoms with van der Waals surface area (Å²) in [5.41, 5.74) is 0. The third-order valence-electron chi connectivity index (χ3n) is 1.52. The number of allylic oxidation sites excluding steroid dienone is 2. The second-order valence-electron chi connectivity index (χ2n) is 2.86. The molecule has 0 aliphatic rings. The van der Waals surface area contributed by atoms with Crippen LogP contribution in [0.5, 0.6) is 0 Å². The lowest BCUT2D eigenvalue weighted by Gasteiger charge is -1.81. The summed E-state index contributed by atoms with van der Waals surface area (Å²) in [6.07, 6.45) is 11.4. The molecule has 0 saturated heterocycles. The lowest BCUT2D eigenvalue weighted by atomic mass is 10.3. The van der Waals surface area contributed by atoms with E-state index in [0.29, 0.717) is 0 Å². The summed E-state index contributed by atoms with van der Waals surface area (Å²) < 4.78 is 0. The van der Waals surface area contributed by atoms with Gasteiger partial charge in [0.2, 0.25) is 0 Å². The monoisotopic (exact) mass is 202 g/mol. The first-order valence-electron chi connectivity index (χ1n) is 5.05. The molecule has 0 aromatic heterocycles. The Kier molecular flexibility index (Phi) is 32.3. The maximum atomic E-state index is 3.60. The van der Waals surface area contributed by atoms with Gasteiger partial charge in [-0.25, -0.2) is 0 Å². The van der Waals surface area contributed by atoms with Crippen molar-refractivity contribution in [1.29, 1.82) is 0 Å². The zero-order valence-corrected chi connectivity index (χ0v) is 10.3. The Morgan fingerprint density at radius 2 is 1.15 bits per heavy atom. The standard InChI is InChI=1S/2C6H12.H2S/c2*1-3-5-6-4-2;/h2*3H,1,4-6H2,2H3;1H2. The minimum atomic E-state index is 0. The zero-order valence-electron chi connectivity index (χ0n) is 9.31. The van der Waals surface area contributed by atoms with E-state index in [1.165, 1.54) is 38.5 Å². The van der Waals surface area contributed by atoms with Gasteiger partial charge in [-0.15, -0.1) is 13.2 Å². The van der Waals surface area contributed by atoms with Crippen molar-refractivity contribution >= 4 is 13.5 Å². The van der Waals surface area contributed by atoms with Crippen LogP contribution in [-0.2, 0) is 0 Å². The van der Waals surface area contributed by atoms with Gasteiger partial charge in [0.1, 0.15) is 0 Å². The van der Waals surface area contributed by atoms with E-state index in [1.54, 1.807) is 0 Å². The van der Waals surface area contributed by atoms with Crippen molar-refractivity contribution in [3.63, 3.8) is 0 Å². The number of rotatable bonds is 6. The van der Waals surface area contributed by atoms with E-state index in [2.05, 4.69) is 27.0 Å². The molecule has 13 heavy (non-hydrogen) atoms. The fraction of sp³-hybridized carbons (Fsp3) is 0.667. The lowest BCUT2D eigenvalue weighted by Crippen LogP contribution is -1.61. The van der Waals surface area contributed by atoms with Crippen LogP contribution in [0.2, 0.25) is 0 Å². The number of hydrogen-bond acceptors (Lipinski definition) is 0. The van der Waals surface area contributed by atoms with Crippen molar-refractivity contribution in [2.24, 2.45) is 0 Å². The molecule has 0 N–H and O–H groups in total. The molecule has 0 aromatic carbocycles. The first kappa shape index (κ1) is 18.6. The predicted molar refractivity (Wildman–Crippen MR) is 69.8 cm³/mol. The third-order valence-corrected chi connectivity index (χ3v) is 1.52. The molecular formula is C12H26S. The van der Waals surface area contributed by atoms with Crippen molar-refractivity contribution in [2.45, 2.75) is 52.4 Å². The van der Waals surface area contributed by atoms with Gasteiger partial charge in [-0.05, 0) is 12.8 Å².